The predicted molar refractivity (Wildman–Crippen MR) is 88.1 cm³/mol. The molecule has 1 unspecified atom stereocenters. The summed E-state index contributed by atoms with van der Waals surface area (Å²) < 4.78 is 24.3. The number of carboxylic acids is 2. The Kier molecular flexibility index (Phi) is 9.71. The lowest BCUT2D eigenvalue weighted by Gasteiger charge is -2.23. The highest BCUT2D eigenvalue weighted by Gasteiger charge is 2.14. The second-order valence-electron chi connectivity index (χ2n) is 4.92. The van der Waals surface area contributed by atoms with Crippen LogP contribution < -0.4 is 5.32 Å². The van der Waals surface area contributed by atoms with Gasteiger partial charge in [-0.3, -0.25) is 0 Å². The first-order valence-corrected chi connectivity index (χ1v) is 7.74. The smallest absolute Gasteiger partial charge is 0.328 e. The van der Waals surface area contributed by atoms with Gasteiger partial charge in [-0.15, -0.1) is 0 Å². The largest absolute Gasteiger partial charge is 0.478 e. The number of hydrogen-bond donors (Lipinski definition) is 3. The first kappa shape index (κ1) is 21.0. The Balaban J connectivity index is 0.000000333. The number of halogens is 2. The van der Waals surface area contributed by atoms with Crippen LogP contribution in [0.15, 0.2) is 30.4 Å². The number of aliphatic carboxylic acids is 2. The average molecular weight is 376 g/mol. The van der Waals surface area contributed by atoms with E-state index in [1.165, 1.54) is 6.07 Å². The van der Waals surface area contributed by atoms with Crippen molar-refractivity contribution in [2.24, 2.45) is 0 Å². The molecule has 138 valence electrons. The number of ether oxygens (including phenoxy) is 2. The van der Waals surface area contributed by atoms with Gasteiger partial charge in [0.15, 0.2) is 0 Å². The van der Waals surface area contributed by atoms with E-state index in [0.29, 0.717) is 36.0 Å². The third kappa shape index (κ3) is 9.16. The highest BCUT2D eigenvalue weighted by molar-refractivity contribution is 6.31. The van der Waals surface area contributed by atoms with Crippen molar-refractivity contribution < 1.29 is 33.7 Å². The molecule has 0 spiro atoms. The van der Waals surface area contributed by atoms with Gasteiger partial charge in [-0.05, 0) is 12.1 Å². The topological polar surface area (TPSA) is 105 Å². The van der Waals surface area contributed by atoms with Crippen LogP contribution in [0.4, 0.5) is 4.39 Å². The standard InChI is InChI=1S/C12H15ClFNO2.C4H4O4/c13-11-2-1-3-12(14)10(11)8-16-7-9-6-15-4-5-17-9;5-3(6)1-2-4(7)8/h1-3,9,15H,4-8H2;1-2H,(H,5,6)(H,7,8)/b;2-1-. The molecule has 0 bridgehead atoms. The first-order chi connectivity index (χ1) is 11.9. The third-order valence-corrected chi connectivity index (χ3v) is 3.34. The van der Waals surface area contributed by atoms with E-state index in [2.05, 4.69) is 5.32 Å². The lowest BCUT2D eigenvalue weighted by atomic mass is 10.2. The number of morpholine rings is 1. The highest BCUT2D eigenvalue weighted by atomic mass is 35.5. The van der Waals surface area contributed by atoms with Crippen LogP contribution >= 0.6 is 11.6 Å². The maximum Gasteiger partial charge on any atom is 0.328 e. The zero-order chi connectivity index (χ0) is 18.7. The molecule has 9 heteroatoms. The van der Waals surface area contributed by atoms with Gasteiger partial charge in [-0.25, -0.2) is 14.0 Å². The lowest BCUT2D eigenvalue weighted by Crippen LogP contribution is -2.40. The summed E-state index contributed by atoms with van der Waals surface area (Å²) in [7, 11) is 0. The Labute approximate surface area is 149 Å². The van der Waals surface area contributed by atoms with E-state index >= 15 is 0 Å². The molecule has 3 N–H and O–H groups in total. The fraction of sp³-hybridized carbons (Fsp3) is 0.375. The van der Waals surface area contributed by atoms with Crippen molar-refractivity contribution in [3.05, 3.63) is 46.8 Å². The van der Waals surface area contributed by atoms with Gasteiger partial charge >= 0.3 is 11.9 Å². The van der Waals surface area contributed by atoms with Crippen molar-refractivity contribution in [3.8, 4) is 0 Å². The number of hydrogen-bond acceptors (Lipinski definition) is 5. The summed E-state index contributed by atoms with van der Waals surface area (Å²) in [5.74, 6) is -2.85. The van der Waals surface area contributed by atoms with Crippen LogP contribution in [0.25, 0.3) is 0 Å². The molecule has 0 aromatic heterocycles. The van der Waals surface area contributed by atoms with Crippen LogP contribution in [0.1, 0.15) is 5.56 Å². The Bertz CT molecular complexity index is 568. The number of rotatable bonds is 6. The second kappa shape index (κ2) is 11.5. The van der Waals surface area contributed by atoms with E-state index in [9.17, 15) is 14.0 Å². The van der Waals surface area contributed by atoms with Gasteiger partial charge in [-0.1, -0.05) is 17.7 Å². The van der Waals surface area contributed by atoms with Gasteiger partial charge < -0.3 is 25.0 Å². The van der Waals surface area contributed by atoms with E-state index in [1.807, 2.05) is 0 Å². The molecule has 1 fully saturated rings. The van der Waals surface area contributed by atoms with Gasteiger partial charge in [0.25, 0.3) is 0 Å². The summed E-state index contributed by atoms with van der Waals surface area (Å²) >= 11 is 5.89. The maximum absolute atomic E-state index is 13.4. The van der Waals surface area contributed by atoms with Gasteiger partial charge in [0.2, 0.25) is 0 Å². The van der Waals surface area contributed by atoms with E-state index in [4.69, 9.17) is 31.3 Å². The second-order valence-corrected chi connectivity index (χ2v) is 5.33. The number of carbonyl (C=O) groups is 2. The van der Waals surface area contributed by atoms with Crippen LogP contribution in [0.2, 0.25) is 5.02 Å². The number of benzene rings is 1. The predicted octanol–water partition coefficient (Wildman–Crippen LogP) is 1.70. The Morgan fingerprint density at radius 1 is 1.36 bits per heavy atom. The van der Waals surface area contributed by atoms with Gasteiger partial charge in [-0.2, -0.15) is 0 Å². The summed E-state index contributed by atoms with van der Waals surface area (Å²) in [4.78, 5) is 19.1. The van der Waals surface area contributed by atoms with Crippen molar-refractivity contribution in [1.29, 1.82) is 0 Å². The molecule has 1 heterocycles. The van der Waals surface area contributed by atoms with Crippen molar-refractivity contribution in [2.75, 3.05) is 26.3 Å². The molecule has 0 amide bonds. The third-order valence-electron chi connectivity index (χ3n) is 2.98. The normalized spacial score (nSPS) is 17.0. The minimum atomic E-state index is -1.26. The summed E-state index contributed by atoms with van der Waals surface area (Å²) in [6, 6.07) is 4.61. The van der Waals surface area contributed by atoms with Crippen LogP contribution in [-0.2, 0) is 25.7 Å². The van der Waals surface area contributed by atoms with Crippen LogP contribution in [0, 0.1) is 5.82 Å². The van der Waals surface area contributed by atoms with Crippen LogP contribution in [0.3, 0.4) is 0 Å². The summed E-state index contributed by atoms with van der Waals surface area (Å²) in [5, 5.41) is 19.2. The van der Waals surface area contributed by atoms with Gasteiger partial charge in [0.05, 0.1) is 25.9 Å². The summed E-state index contributed by atoms with van der Waals surface area (Å²) in [6.07, 6.45) is 1.15. The average Bonchev–Trinajstić information content (AvgIpc) is 2.57. The van der Waals surface area contributed by atoms with Crippen molar-refractivity contribution in [2.45, 2.75) is 12.7 Å². The molecule has 0 aliphatic carbocycles. The van der Waals surface area contributed by atoms with Crippen LogP contribution in [0.5, 0.6) is 0 Å². The minimum Gasteiger partial charge on any atom is -0.478 e. The fourth-order valence-corrected chi connectivity index (χ4v) is 2.05. The molecular formula is C16H19ClFNO6. The fourth-order valence-electron chi connectivity index (χ4n) is 1.83. The van der Waals surface area contributed by atoms with E-state index in [1.54, 1.807) is 12.1 Å². The van der Waals surface area contributed by atoms with E-state index in [-0.39, 0.29) is 18.5 Å². The number of carboxylic acid groups (broad SMARTS) is 2. The molecule has 7 nitrogen and oxygen atoms in total. The monoisotopic (exact) mass is 375 g/mol. The molecule has 0 saturated carbocycles. The Hall–Kier alpha value is -2.00. The summed E-state index contributed by atoms with van der Waals surface area (Å²) in [5.41, 5.74) is 0.401. The molecule has 2 rings (SSSR count). The molecular weight excluding hydrogens is 357 g/mol. The lowest BCUT2D eigenvalue weighted by molar-refractivity contribution is -0.134. The molecule has 1 aliphatic heterocycles. The van der Waals surface area contributed by atoms with Gasteiger partial charge in [0, 0.05) is 35.8 Å². The van der Waals surface area contributed by atoms with Crippen LogP contribution in [-0.4, -0.2) is 54.6 Å². The molecule has 1 aromatic rings. The summed E-state index contributed by atoms with van der Waals surface area (Å²) in [6.45, 7) is 2.94. The minimum absolute atomic E-state index is 0.0364. The SMILES string of the molecule is Fc1cccc(Cl)c1COCC1CNCCO1.O=C(O)/C=C\C(=O)O. The molecule has 1 atom stereocenters. The van der Waals surface area contributed by atoms with Crippen molar-refractivity contribution >= 4 is 23.5 Å². The zero-order valence-electron chi connectivity index (χ0n) is 13.3. The number of nitrogens with one attached hydrogen (secondary N) is 1. The zero-order valence-corrected chi connectivity index (χ0v) is 14.0. The quantitative estimate of drug-likeness (QED) is 0.650. The van der Waals surface area contributed by atoms with Crippen molar-refractivity contribution in [1.82, 2.24) is 5.32 Å². The maximum atomic E-state index is 13.4. The molecule has 1 saturated heterocycles. The molecule has 0 radical (unpaired) electrons. The highest BCUT2D eigenvalue weighted by Crippen LogP contribution is 2.19. The Morgan fingerprint density at radius 2 is 2.04 bits per heavy atom. The van der Waals surface area contributed by atoms with Crippen molar-refractivity contribution in [3.63, 3.8) is 0 Å². The van der Waals surface area contributed by atoms with E-state index in [0.717, 1.165) is 13.1 Å². The first-order valence-electron chi connectivity index (χ1n) is 7.37. The molecule has 25 heavy (non-hydrogen) atoms. The molecule has 1 aliphatic rings. The van der Waals surface area contributed by atoms with E-state index < -0.39 is 11.9 Å². The molecule has 1 aromatic carbocycles. The Morgan fingerprint density at radius 3 is 2.56 bits per heavy atom. The van der Waals surface area contributed by atoms with Gasteiger partial charge in [0.1, 0.15) is 5.82 Å².